The maximum atomic E-state index is 4.89. The molecule has 0 bridgehead atoms. The van der Waals surface area contributed by atoms with E-state index in [9.17, 15) is 0 Å². The normalized spacial score (nSPS) is 14.7. The Morgan fingerprint density at radius 2 is 2.05 bits per heavy atom. The zero-order valence-corrected chi connectivity index (χ0v) is 14.2. The van der Waals surface area contributed by atoms with E-state index in [-0.39, 0.29) is 0 Å². The Kier molecular flexibility index (Phi) is 6.04. The van der Waals surface area contributed by atoms with Crippen molar-refractivity contribution in [1.82, 2.24) is 10.3 Å². The monoisotopic (exact) mass is 289 g/mol. The van der Waals surface area contributed by atoms with Crippen LogP contribution in [0.4, 0.5) is 5.82 Å². The topological polar surface area (TPSA) is 28.2 Å². The van der Waals surface area contributed by atoms with Gasteiger partial charge in [0.05, 0.1) is 0 Å². The first-order chi connectivity index (χ1) is 10.1. The van der Waals surface area contributed by atoms with Crippen LogP contribution in [0.15, 0.2) is 12.1 Å². The van der Waals surface area contributed by atoms with Gasteiger partial charge in [-0.3, -0.25) is 0 Å². The predicted molar refractivity (Wildman–Crippen MR) is 90.9 cm³/mol. The molecule has 0 saturated heterocycles. The third-order valence-electron chi connectivity index (χ3n) is 4.04. The highest BCUT2D eigenvalue weighted by Gasteiger charge is 2.29. The Morgan fingerprint density at radius 3 is 2.62 bits per heavy atom. The zero-order chi connectivity index (χ0) is 15.2. The molecule has 1 fully saturated rings. The summed E-state index contributed by atoms with van der Waals surface area (Å²) in [6.07, 6.45) is 6.18. The van der Waals surface area contributed by atoms with Crippen molar-refractivity contribution in [1.29, 1.82) is 0 Å². The van der Waals surface area contributed by atoms with Crippen LogP contribution in [0.25, 0.3) is 0 Å². The van der Waals surface area contributed by atoms with Crippen LogP contribution in [0.1, 0.15) is 64.6 Å². The molecule has 1 N–H and O–H groups in total. The van der Waals surface area contributed by atoms with Gasteiger partial charge in [0.2, 0.25) is 0 Å². The number of pyridine rings is 1. The van der Waals surface area contributed by atoms with Gasteiger partial charge in [0.25, 0.3) is 0 Å². The molecule has 0 aromatic carbocycles. The van der Waals surface area contributed by atoms with E-state index in [2.05, 4.69) is 50.0 Å². The SMILES string of the molecule is CCCCN(c1cc(CNC(C)C)cc(CC)n1)C1CC1. The van der Waals surface area contributed by atoms with Crippen LogP contribution in [0.3, 0.4) is 0 Å². The molecule has 1 heterocycles. The summed E-state index contributed by atoms with van der Waals surface area (Å²) in [6.45, 7) is 10.9. The van der Waals surface area contributed by atoms with Crippen molar-refractivity contribution in [2.45, 2.75) is 78.4 Å². The van der Waals surface area contributed by atoms with Crippen LogP contribution in [0.2, 0.25) is 0 Å². The van der Waals surface area contributed by atoms with Gasteiger partial charge in [0.1, 0.15) is 5.82 Å². The van der Waals surface area contributed by atoms with Crippen LogP contribution in [0, 0.1) is 0 Å². The lowest BCUT2D eigenvalue weighted by atomic mass is 10.1. The van der Waals surface area contributed by atoms with E-state index in [1.54, 1.807) is 0 Å². The minimum atomic E-state index is 0.520. The summed E-state index contributed by atoms with van der Waals surface area (Å²) in [5.41, 5.74) is 2.59. The molecule has 0 aliphatic heterocycles. The summed E-state index contributed by atoms with van der Waals surface area (Å²) in [7, 11) is 0. The Bertz CT molecular complexity index is 438. The predicted octanol–water partition coefficient (Wildman–Crippen LogP) is 3.91. The largest absolute Gasteiger partial charge is 0.354 e. The van der Waals surface area contributed by atoms with Gasteiger partial charge in [-0.1, -0.05) is 34.1 Å². The average Bonchev–Trinajstić information content (AvgIpc) is 3.30. The molecular weight excluding hydrogens is 258 g/mol. The minimum Gasteiger partial charge on any atom is -0.354 e. The quantitative estimate of drug-likeness (QED) is 0.747. The number of nitrogens with one attached hydrogen (secondary N) is 1. The highest BCUT2D eigenvalue weighted by atomic mass is 15.2. The summed E-state index contributed by atoms with van der Waals surface area (Å²) in [5, 5.41) is 3.52. The molecule has 0 unspecified atom stereocenters. The number of aryl methyl sites for hydroxylation is 1. The highest BCUT2D eigenvalue weighted by molar-refractivity contribution is 5.45. The third kappa shape index (κ3) is 4.99. The van der Waals surface area contributed by atoms with Crippen molar-refractivity contribution in [2.24, 2.45) is 0 Å². The van der Waals surface area contributed by atoms with Gasteiger partial charge in [-0.05, 0) is 43.4 Å². The molecule has 21 heavy (non-hydrogen) atoms. The van der Waals surface area contributed by atoms with Crippen LogP contribution in [-0.4, -0.2) is 23.6 Å². The van der Waals surface area contributed by atoms with Gasteiger partial charge in [0.15, 0.2) is 0 Å². The van der Waals surface area contributed by atoms with Crippen molar-refractivity contribution in [3.63, 3.8) is 0 Å². The van der Waals surface area contributed by atoms with Crippen LogP contribution in [-0.2, 0) is 13.0 Å². The van der Waals surface area contributed by atoms with Gasteiger partial charge in [-0.2, -0.15) is 0 Å². The Labute approximate surface area is 130 Å². The Morgan fingerprint density at radius 1 is 1.29 bits per heavy atom. The molecular formula is C18H31N3. The van der Waals surface area contributed by atoms with Gasteiger partial charge in [-0.15, -0.1) is 0 Å². The van der Waals surface area contributed by atoms with Crippen molar-refractivity contribution in [3.05, 3.63) is 23.4 Å². The number of aromatic nitrogens is 1. The molecule has 1 saturated carbocycles. The molecule has 0 radical (unpaired) electrons. The number of hydrogen-bond donors (Lipinski definition) is 1. The molecule has 3 heteroatoms. The summed E-state index contributed by atoms with van der Waals surface area (Å²) in [5.74, 6) is 1.20. The molecule has 0 atom stereocenters. The van der Waals surface area contributed by atoms with E-state index in [1.807, 2.05) is 0 Å². The summed E-state index contributed by atoms with van der Waals surface area (Å²) in [4.78, 5) is 7.43. The van der Waals surface area contributed by atoms with E-state index in [0.717, 1.165) is 25.6 Å². The third-order valence-corrected chi connectivity index (χ3v) is 4.04. The number of hydrogen-bond acceptors (Lipinski definition) is 3. The van der Waals surface area contributed by atoms with Crippen LogP contribution < -0.4 is 10.2 Å². The molecule has 1 aliphatic carbocycles. The van der Waals surface area contributed by atoms with E-state index in [0.29, 0.717) is 6.04 Å². The van der Waals surface area contributed by atoms with Crippen LogP contribution in [0.5, 0.6) is 0 Å². The minimum absolute atomic E-state index is 0.520. The molecule has 1 aromatic heterocycles. The Hall–Kier alpha value is -1.09. The molecule has 2 rings (SSSR count). The van der Waals surface area contributed by atoms with Crippen molar-refractivity contribution >= 4 is 5.82 Å². The van der Waals surface area contributed by atoms with E-state index >= 15 is 0 Å². The lowest BCUT2D eigenvalue weighted by Crippen LogP contribution is -2.28. The second kappa shape index (κ2) is 7.79. The first-order valence-corrected chi connectivity index (χ1v) is 8.63. The molecule has 1 aliphatic rings. The first-order valence-electron chi connectivity index (χ1n) is 8.63. The Balaban J connectivity index is 2.17. The average molecular weight is 289 g/mol. The van der Waals surface area contributed by atoms with Gasteiger partial charge >= 0.3 is 0 Å². The highest BCUT2D eigenvalue weighted by Crippen LogP contribution is 2.31. The summed E-state index contributed by atoms with van der Waals surface area (Å²) >= 11 is 0. The maximum Gasteiger partial charge on any atom is 0.129 e. The fourth-order valence-corrected chi connectivity index (χ4v) is 2.58. The first kappa shape index (κ1) is 16.3. The number of unbranched alkanes of at least 4 members (excludes halogenated alkanes) is 1. The van der Waals surface area contributed by atoms with Crippen molar-refractivity contribution < 1.29 is 0 Å². The molecule has 3 nitrogen and oxygen atoms in total. The fourth-order valence-electron chi connectivity index (χ4n) is 2.58. The second-order valence-corrected chi connectivity index (χ2v) is 6.49. The van der Waals surface area contributed by atoms with Crippen molar-refractivity contribution in [3.8, 4) is 0 Å². The molecule has 0 spiro atoms. The molecule has 118 valence electrons. The van der Waals surface area contributed by atoms with E-state index in [1.165, 1.54) is 42.8 Å². The zero-order valence-electron chi connectivity index (χ0n) is 14.2. The maximum absolute atomic E-state index is 4.89. The van der Waals surface area contributed by atoms with E-state index < -0.39 is 0 Å². The van der Waals surface area contributed by atoms with Gasteiger partial charge in [-0.25, -0.2) is 4.98 Å². The van der Waals surface area contributed by atoms with Gasteiger partial charge < -0.3 is 10.2 Å². The van der Waals surface area contributed by atoms with Crippen LogP contribution >= 0.6 is 0 Å². The lowest BCUT2D eigenvalue weighted by Gasteiger charge is -2.25. The van der Waals surface area contributed by atoms with Gasteiger partial charge in [0, 0.05) is 30.9 Å². The summed E-state index contributed by atoms with van der Waals surface area (Å²) < 4.78 is 0. The van der Waals surface area contributed by atoms with Crippen molar-refractivity contribution in [2.75, 3.05) is 11.4 Å². The molecule has 1 aromatic rings. The standard InChI is InChI=1S/C18H31N3/c1-5-7-10-21(17-8-9-17)18-12-15(13-19-14(3)4)11-16(6-2)20-18/h11-12,14,17,19H,5-10,13H2,1-4H3. The number of nitrogens with zero attached hydrogens (tertiary/aromatic N) is 2. The number of anilines is 1. The smallest absolute Gasteiger partial charge is 0.129 e. The number of rotatable bonds is 9. The second-order valence-electron chi connectivity index (χ2n) is 6.49. The fraction of sp³-hybridized carbons (Fsp3) is 0.722. The lowest BCUT2D eigenvalue weighted by molar-refractivity contribution is 0.587. The van der Waals surface area contributed by atoms with E-state index in [4.69, 9.17) is 4.98 Å². The molecule has 0 amide bonds. The summed E-state index contributed by atoms with van der Waals surface area (Å²) in [6, 6.07) is 5.81.